The largest absolute Gasteiger partial charge is 0.312 e. The standard InChI is InChI=1S/C12H26N2/c1-5-11(6-2)14(4)9-12-10(3)7-8-13-12/h10-13H,5-9H2,1-4H3. The van der Waals surface area contributed by atoms with E-state index in [1.54, 1.807) is 0 Å². The highest BCUT2D eigenvalue weighted by Gasteiger charge is 2.25. The molecule has 0 bridgehead atoms. The molecule has 2 unspecified atom stereocenters. The Morgan fingerprint density at radius 2 is 2.00 bits per heavy atom. The number of rotatable bonds is 5. The van der Waals surface area contributed by atoms with Crippen LogP contribution < -0.4 is 5.32 Å². The molecule has 0 aromatic rings. The Morgan fingerprint density at radius 1 is 1.36 bits per heavy atom. The van der Waals surface area contributed by atoms with Crippen molar-refractivity contribution in [2.45, 2.75) is 52.1 Å². The maximum Gasteiger partial charge on any atom is 0.0221 e. The fraction of sp³-hybridized carbons (Fsp3) is 1.00. The van der Waals surface area contributed by atoms with Crippen LogP contribution in [0.1, 0.15) is 40.0 Å². The Bertz CT molecular complexity index is 154. The number of nitrogens with one attached hydrogen (secondary N) is 1. The minimum atomic E-state index is 0.723. The van der Waals surface area contributed by atoms with Gasteiger partial charge in [0.15, 0.2) is 0 Å². The molecule has 0 spiro atoms. The fourth-order valence-electron chi connectivity index (χ4n) is 2.51. The summed E-state index contributed by atoms with van der Waals surface area (Å²) >= 11 is 0. The lowest BCUT2D eigenvalue weighted by molar-refractivity contribution is 0.200. The molecule has 0 radical (unpaired) electrons. The van der Waals surface area contributed by atoms with E-state index in [1.165, 1.54) is 32.4 Å². The molecule has 0 aromatic heterocycles. The second-order valence-corrected chi connectivity index (χ2v) is 4.74. The van der Waals surface area contributed by atoms with E-state index in [2.05, 4.69) is 38.0 Å². The van der Waals surface area contributed by atoms with E-state index >= 15 is 0 Å². The van der Waals surface area contributed by atoms with Gasteiger partial charge in [-0.2, -0.15) is 0 Å². The van der Waals surface area contributed by atoms with Crippen LogP contribution in [0.3, 0.4) is 0 Å². The van der Waals surface area contributed by atoms with Gasteiger partial charge in [-0.3, -0.25) is 0 Å². The van der Waals surface area contributed by atoms with Gasteiger partial charge in [0.2, 0.25) is 0 Å². The van der Waals surface area contributed by atoms with Crippen LogP contribution in [0.4, 0.5) is 0 Å². The van der Waals surface area contributed by atoms with Crippen molar-refractivity contribution in [3.05, 3.63) is 0 Å². The summed E-state index contributed by atoms with van der Waals surface area (Å²) in [6, 6.07) is 1.49. The first-order chi connectivity index (χ1) is 6.69. The third-order valence-electron chi connectivity index (χ3n) is 3.74. The van der Waals surface area contributed by atoms with Crippen LogP contribution in [0.5, 0.6) is 0 Å². The number of hydrogen-bond donors (Lipinski definition) is 1. The third-order valence-corrected chi connectivity index (χ3v) is 3.74. The molecule has 1 heterocycles. The summed E-state index contributed by atoms with van der Waals surface area (Å²) in [5, 5.41) is 3.60. The van der Waals surface area contributed by atoms with E-state index in [4.69, 9.17) is 0 Å². The van der Waals surface area contributed by atoms with E-state index in [0.717, 1.165) is 18.0 Å². The molecule has 14 heavy (non-hydrogen) atoms. The highest BCUT2D eigenvalue weighted by molar-refractivity contribution is 4.84. The van der Waals surface area contributed by atoms with E-state index in [1.807, 2.05) is 0 Å². The highest BCUT2D eigenvalue weighted by Crippen LogP contribution is 2.17. The van der Waals surface area contributed by atoms with Gasteiger partial charge in [0, 0.05) is 18.6 Å². The molecule has 84 valence electrons. The molecule has 0 aromatic carbocycles. The van der Waals surface area contributed by atoms with Crippen molar-refractivity contribution in [3.8, 4) is 0 Å². The molecule has 0 amide bonds. The quantitative estimate of drug-likeness (QED) is 0.728. The predicted octanol–water partition coefficient (Wildman–Crippen LogP) is 2.10. The molecule has 2 heteroatoms. The first kappa shape index (κ1) is 12.0. The molecular formula is C12H26N2. The predicted molar refractivity (Wildman–Crippen MR) is 62.6 cm³/mol. The molecule has 0 aliphatic carbocycles. The van der Waals surface area contributed by atoms with Crippen molar-refractivity contribution in [2.24, 2.45) is 5.92 Å². The van der Waals surface area contributed by atoms with Gasteiger partial charge in [0.05, 0.1) is 0 Å². The van der Waals surface area contributed by atoms with Crippen LogP contribution in [0.15, 0.2) is 0 Å². The second-order valence-electron chi connectivity index (χ2n) is 4.74. The van der Waals surface area contributed by atoms with E-state index in [-0.39, 0.29) is 0 Å². The lowest BCUT2D eigenvalue weighted by Crippen LogP contribution is -2.42. The molecule has 1 rings (SSSR count). The van der Waals surface area contributed by atoms with Gasteiger partial charge in [-0.05, 0) is 38.8 Å². The van der Waals surface area contributed by atoms with Gasteiger partial charge in [0.25, 0.3) is 0 Å². The van der Waals surface area contributed by atoms with Crippen molar-refractivity contribution in [3.63, 3.8) is 0 Å². The topological polar surface area (TPSA) is 15.3 Å². The van der Waals surface area contributed by atoms with Crippen molar-refractivity contribution in [2.75, 3.05) is 20.1 Å². The van der Waals surface area contributed by atoms with Crippen molar-refractivity contribution in [1.29, 1.82) is 0 Å². The van der Waals surface area contributed by atoms with Gasteiger partial charge in [-0.1, -0.05) is 20.8 Å². The first-order valence-corrected chi connectivity index (χ1v) is 6.12. The highest BCUT2D eigenvalue weighted by atomic mass is 15.2. The average molecular weight is 198 g/mol. The summed E-state index contributed by atoms with van der Waals surface area (Å²) in [5.41, 5.74) is 0. The van der Waals surface area contributed by atoms with Crippen LogP contribution in [0.2, 0.25) is 0 Å². The Hall–Kier alpha value is -0.0800. The summed E-state index contributed by atoms with van der Waals surface area (Å²) in [6.45, 7) is 9.37. The Kier molecular flexibility index (Phi) is 4.90. The Morgan fingerprint density at radius 3 is 2.43 bits per heavy atom. The van der Waals surface area contributed by atoms with Gasteiger partial charge in [-0.15, -0.1) is 0 Å². The molecule has 1 N–H and O–H groups in total. The van der Waals surface area contributed by atoms with Crippen LogP contribution >= 0.6 is 0 Å². The van der Waals surface area contributed by atoms with Gasteiger partial charge < -0.3 is 10.2 Å². The SMILES string of the molecule is CCC(CC)N(C)CC1NCCC1C. The zero-order valence-electron chi connectivity index (χ0n) is 10.2. The fourth-order valence-corrected chi connectivity index (χ4v) is 2.51. The molecule has 1 fully saturated rings. The Balaban J connectivity index is 2.34. The number of hydrogen-bond acceptors (Lipinski definition) is 2. The summed E-state index contributed by atoms with van der Waals surface area (Å²) in [6.07, 6.45) is 3.89. The molecule has 1 aliphatic rings. The maximum absolute atomic E-state index is 3.60. The van der Waals surface area contributed by atoms with Crippen molar-refractivity contribution >= 4 is 0 Å². The molecule has 1 aliphatic heterocycles. The maximum atomic E-state index is 3.60. The molecule has 0 saturated carbocycles. The first-order valence-electron chi connectivity index (χ1n) is 6.12. The van der Waals surface area contributed by atoms with E-state index in [0.29, 0.717) is 0 Å². The van der Waals surface area contributed by atoms with E-state index in [9.17, 15) is 0 Å². The van der Waals surface area contributed by atoms with Crippen molar-refractivity contribution in [1.82, 2.24) is 10.2 Å². The minimum absolute atomic E-state index is 0.723. The lowest BCUT2D eigenvalue weighted by atomic mass is 10.0. The smallest absolute Gasteiger partial charge is 0.0221 e. The van der Waals surface area contributed by atoms with Crippen molar-refractivity contribution < 1.29 is 0 Å². The van der Waals surface area contributed by atoms with E-state index < -0.39 is 0 Å². The van der Waals surface area contributed by atoms with Gasteiger partial charge in [0.1, 0.15) is 0 Å². The molecule has 1 saturated heterocycles. The zero-order valence-corrected chi connectivity index (χ0v) is 10.2. The normalized spacial score (nSPS) is 27.9. The van der Waals surface area contributed by atoms with Gasteiger partial charge >= 0.3 is 0 Å². The van der Waals surface area contributed by atoms with Crippen LogP contribution in [-0.2, 0) is 0 Å². The third kappa shape index (κ3) is 2.96. The summed E-state index contributed by atoms with van der Waals surface area (Å²) in [5.74, 6) is 0.854. The summed E-state index contributed by atoms with van der Waals surface area (Å²) in [4.78, 5) is 2.53. The minimum Gasteiger partial charge on any atom is -0.312 e. The summed E-state index contributed by atoms with van der Waals surface area (Å²) < 4.78 is 0. The molecule has 2 atom stereocenters. The molecule has 2 nitrogen and oxygen atoms in total. The van der Waals surface area contributed by atoms with Crippen LogP contribution in [0.25, 0.3) is 0 Å². The van der Waals surface area contributed by atoms with Crippen LogP contribution in [-0.4, -0.2) is 37.1 Å². The van der Waals surface area contributed by atoms with Gasteiger partial charge in [-0.25, -0.2) is 0 Å². The number of nitrogens with zero attached hydrogens (tertiary/aromatic N) is 1. The second kappa shape index (κ2) is 5.72. The monoisotopic (exact) mass is 198 g/mol. The zero-order chi connectivity index (χ0) is 10.6. The lowest BCUT2D eigenvalue weighted by Gasteiger charge is -2.30. The Labute approximate surface area is 89.1 Å². The number of likely N-dealkylation sites (N-methyl/N-ethyl adjacent to an activating group) is 1. The summed E-state index contributed by atoms with van der Waals surface area (Å²) in [7, 11) is 2.27. The molecular weight excluding hydrogens is 172 g/mol. The average Bonchev–Trinajstić information content (AvgIpc) is 2.54. The van der Waals surface area contributed by atoms with Crippen LogP contribution in [0, 0.1) is 5.92 Å².